The van der Waals surface area contributed by atoms with Crippen LogP contribution in [0, 0.1) is 0 Å². The molecular formula is C11H20N4. The molecule has 1 aromatic rings. The maximum absolute atomic E-state index is 4.29. The summed E-state index contributed by atoms with van der Waals surface area (Å²) in [5, 5.41) is 7.74. The van der Waals surface area contributed by atoms with Gasteiger partial charge in [0.25, 0.3) is 0 Å². The van der Waals surface area contributed by atoms with Crippen molar-refractivity contribution in [3.63, 3.8) is 0 Å². The lowest BCUT2D eigenvalue weighted by molar-refractivity contribution is 0.497. The quantitative estimate of drug-likeness (QED) is 0.721. The minimum absolute atomic E-state index is 0.416. The molecular weight excluding hydrogens is 188 g/mol. The summed E-state index contributed by atoms with van der Waals surface area (Å²) in [6.07, 6.45) is 6.56. The zero-order valence-corrected chi connectivity index (χ0v) is 9.61. The normalized spacial score (nSPS) is 16.2. The maximum Gasteiger partial charge on any atom is 0.138 e. The highest BCUT2D eigenvalue weighted by molar-refractivity contribution is 4.87. The van der Waals surface area contributed by atoms with Crippen LogP contribution in [0.25, 0.3) is 0 Å². The summed E-state index contributed by atoms with van der Waals surface area (Å²) in [5.74, 6) is 1.11. The molecule has 0 unspecified atom stereocenters. The number of aryl methyl sites for hydroxylation is 1. The highest BCUT2D eigenvalue weighted by Crippen LogP contribution is 2.18. The Hall–Kier alpha value is -0.900. The zero-order chi connectivity index (χ0) is 10.7. The Balaban J connectivity index is 1.73. The summed E-state index contributed by atoms with van der Waals surface area (Å²) in [4.78, 5) is 4.29. The van der Waals surface area contributed by atoms with Crippen molar-refractivity contribution in [2.75, 3.05) is 6.54 Å². The largest absolute Gasteiger partial charge is 0.314 e. The first kappa shape index (κ1) is 10.6. The van der Waals surface area contributed by atoms with Crippen LogP contribution in [-0.2, 0) is 6.42 Å². The van der Waals surface area contributed by atoms with Crippen molar-refractivity contribution in [3.05, 3.63) is 12.2 Å². The van der Waals surface area contributed by atoms with Crippen molar-refractivity contribution >= 4 is 0 Å². The Labute approximate surface area is 91.1 Å². The maximum atomic E-state index is 4.29. The molecule has 0 aromatic carbocycles. The minimum Gasteiger partial charge on any atom is -0.314 e. The summed E-state index contributed by atoms with van der Waals surface area (Å²) in [6, 6.07) is 1.23. The summed E-state index contributed by atoms with van der Waals surface area (Å²) < 4.78 is 2.01. The van der Waals surface area contributed by atoms with Crippen LogP contribution in [-0.4, -0.2) is 27.4 Å². The molecule has 0 aliphatic heterocycles. The third-order valence-corrected chi connectivity index (χ3v) is 2.72. The molecule has 1 aliphatic rings. The molecule has 0 saturated heterocycles. The first-order valence-electron chi connectivity index (χ1n) is 5.89. The summed E-state index contributed by atoms with van der Waals surface area (Å²) >= 11 is 0. The zero-order valence-electron chi connectivity index (χ0n) is 9.61. The van der Waals surface area contributed by atoms with E-state index in [1.165, 1.54) is 12.8 Å². The molecule has 1 aliphatic carbocycles. The van der Waals surface area contributed by atoms with Gasteiger partial charge >= 0.3 is 0 Å². The van der Waals surface area contributed by atoms with E-state index in [2.05, 4.69) is 29.2 Å². The van der Waals surface area contributed by atoms with E-state index in [1.54, 1.807) is 6.33 Å². The average Bonchev–Trinajstić information content (AvgIpc) is 2.90. The van der Waals surface area contributed by atoms with Crippen molar-refractivity contribution in [1.82, 2.24) is 20.1 Å². The second kappa shape index (κ2) is 4.75. The Morgan fingerprint density at radius 2 is 2.33 bits per heavy atom. The van der Waals surface area contributed by atoms with Gasteiger partial charge in [0.15, 0.2) is 0 Å². The second-order valence-electron chi connectivity index (χ2n) is 4.55. The summed E-state index contributed by atoms with van der Waals surface area (Å²) in [7, 11) is 0. The van der Waals surface area contributed by atoms with Gasteiger partial charge in [-0.3, -0.25) is 0 Å². The number of rotatable bonds is 6. The summed E-state index contributed by atoms with van der Waals surface area (Å²) in [6.45, 7) is 5.39. The molecule has 2 rings (SSSR count). The van der Waals surface area contributed by atoms with Gasteiger partial charge in [-0.05, 0) is 39.7 Å². The number of nitrogens with one attached hydrogen (secondary N) is 1. The fourth-order valence-electron chi connectivity index (χ4n) is 1.72. The van der Waals surface area contributed by atoms with E-state index in [9.17, 15) is 0 Å². The number of nitrogens with zero attached hydrogens (tertiary/aromatic N) is 3. The molecule has 15 heavy (non-hydrogen) atoms. The molecule has 0 atom stereocenters. The Kier molecular flexibility index (Phi) is 3.36. The van der Waals surface area contributed by atoms with Crippen LogP contribution in [0.15, 0.2) is 6.33 Å². The van der Waals surface area contributed by atoms with Crippen molar-refractivity contribution in [1.29, 1.82) is 0 Å². The first-order chi connectivity index (χ1) is 7.27. The van der Waals surface area contributed by atoms with Gasteiger partial charge in [-0.1, -0.05) is 0 Å². The van der Waals surface area contributed by atoms with Crippen molar-refractivity contribution in [3.8, 4) is 0 Å². The van der Waals surface area contributed by atoms with E-state index >= 15 is 0 Å². The SMILES string of the molecule is CC(C)n1ncnc1CCCNC1CC1. The lowest BCUT2D eigenvalue weighted by Crippen LogP contribution is -2.18. The van der Waals surface area contributed by atoms with Gasteiger partial charge in [0.05, 0.1) is 0 Å². The molecule has 84 valence electrons. The third-order valence-electron chi connectivity index (χ3n) is 2.72. The monoisotopic (exact) mass is 208 g/mol. The van der Waals surface area contributed by atoms with Gasteiger partial charge in [-0.2, -0.15) is 5.10 Å². The standard InChI is InChI=1S/C11H20N4/c1-9(2)15-11(13-8-14-15)4-3-7-12-10-5-6-10/h8-10,12H,3-7H2,1-2H3. The van der Waals surface area contributed by atoms with Crippen molar-refractivity contribution in [2.45, 2.75) is 51.6 Å². The highest BCUT2D eigenvalue weighted by atomic mass is 15.3. The fraction of sp³-hybridized carbons (Fsp3) is 0.818. The smallest absolute Gasteiger partial charge is 0.138 e. The van der Waals surface area contributed by atoms with E-state index in [0.717, 1.165) is 31.3 Å². The molecule has 1 saturated carbocycles. The van der Waals surface area contributed by atoms with E-state index in [4.69, 9.17) is 0 Å². The number of hydrogen-bond acceptors (Lipinski definition) is 3. The average molecular weight is 208 g/mol. The van der Waals surface area contributed by atoms with E-state index in [-0.39, 0.29) is 0 Å². The van der Waals surface area contributed by atoms with Gasteiger partial charge in [-0.25, -0.2) is 9.67 Å². The minimum atomic E-state index is 0.416. The Bertz CT molecular complexity index is 301. The van der Waals surface area contributed by atoms with Crippen LogP contribution in [0.5, 0.6) is 0 Å². The summed E-state index contributed by atoms with van der Waals surface area (Å²) in [5.41, 5.74) is 0. The molecule has 1 fully saturated rings. The van der Waals surface area contributed by atoms with Gasteiger partial charge in [0, 0.05) is 18.5 Å². The van der Waals surface area contributed by atoms with Crippen LogP contribution < -0.4 is 5.32 Å². The van der Waals surface area contributed by atoms with Gasteiger partial charge in [0.1, 0.15) is 12.2 Å². The third kappa shape index (κ3) is 3.02. The number of hydrogen-bond donors (Lipinski definition) is 1. The predicted molar refractivity (Wildman–Crippen MR) is 59.8 cm³/mol. The van der Waals surface area contributed by atoms with E-state index in [1.807, 2.05) is 4.68 Å². The Morgan fingerprint density at radius 1 is 1.53 bits per heavy atom. The van der Waals surface area contributed by atoms with Crippen LogP contribution >= 0.6 is 0 Å². The Morgan fingerprint density at radius 3 is 3.00 bits per heavy atom. The van der Waals surface area contributed by atoms with Gasteiger partial charge < -0.3 is 5.32 Å². The van der Waals surface area contributed by atoms with Crippen LogP contribution in [0.4, 0.5) is 0 Å². The van der Waals surface area contributed by atoms with Crippen LogP contribution in [0.1, 0.15) is 45.0 Å². The van der Waals surface area contributed by atoms with E-state index < -0.39 is 0 Å². The molecule has 1 N–H and O–H groups in total. The molecule has 0 spiro atoms. The lowest BCUT2D eigenvalue weighted by Gasteiger charge is -2.09. The molecule has 4 heteroatoms. The van der Waals surface area contributed by atoms with Gasteiger partial charge in [-0.15, -0.1) is 0 Å². The molecule has 1 aromatic heterocycles. The topological polar surface area (TPSA) is 42.7 Å². The fourth-order valence-corrected chi connectivity index (χ4v) is 1.72. The van der Waals surface area contributed by atoms with Crippen LogP contribution in [0.2, 0.25) is 0 Å². The van der Waals surface area contributed by atoms with Crippen LogP contribution in [0.3, 0.4) is 0 Å². The van der Waals surface area contributed by atoms with Gasteiger partial charge in [0.2, 0.25) is 0 Å². The molecule has 0 bridgehead atoms. The predicted octanol–water partition coefficient (Wildman–Crippen LogP) is 1.54. The lowest BCUT2D eigenvalue weighted by atomic mass is 10.3. The molecule has 0 amide bonds. The molecule has 0 radical (unpaired) electrons. The molecule has 4 nitrogen and oxygen atoms in total. The highest BCUT2D eigenvalue weighted by Gasteiger charge is 2.19. The first-order valence-corrected chi connectivity index (χ1v) is 5.89. The second-order valence-corrected chi connectivity index (χ2v) is 4.55. The van der Waals surface area contributed by atoms with E-state index in [0.29, 0.717) is 6.04 Å². The molecule has 1 heterocycles. The number of aromatic nitrogens is 3. The van der Waals surface area contributed by atoms with Crippen molar-refractivity contribution < 1.29 is 0 Å². The van der Waals surface area contributed by atoms with Crippen molar-refractivity contribution in [2.24, 2.45) is 0 Å².